The third-order valence-electron chi connectivity index (χ3n) is 22.7. The Hall–Kier alpha value is -13.0. The highest BCUT2D eigenvalue weighted by molar-refractivity contribution is 6.03. The lowest BCUT2D eigenvalue weighted by Gasteiger charge is -2.32. The van der Waals surface area contributed by atoms with E-state index in [0.29, 0.717) is 19.3 Å². The molecule has 0 aromatic carbocycles. The van der Waals surface area contributed by atoms with Crippen LogP contribution in [0.15, 0.2) is 0 Å². The molecule has 18 amide bonds. The van der Waals surface area contributed by atoms with E-state index in [1.54, 1.807) is 27.7 Å². The van der Waals surface area contributed by atoms with Crippen LogP contribution in [-0.2, 0) is 115 Å². The Morgan fingerprint density at radius 2 is 0.678 bits per heavy atom. The van der Waals surface area contributed by atoms with Gasteiger partial charge in [-0.15, -0.1) is 0 Å². The SMILES string of the molecule is CC[C@H](C)[C@H](NC(=O)CNC(=O)[C@H](CO)NC(=O)[C@H](C)NC(=O)[C@@H](NC(=O)[C@H](CCCCN)NC(=O)[C@H](CCC(=O)O)NC(=O)[C@H](CCC(=O)O)NC(=O)[C@@H](NC(=O)[C@@H](N)CCC(=O)O)[C@@H](C)O)[C@@H](C)O)C(=O)N[C@H](C(=O)N[C@@H](CC(C)C)C(=O)N1CCC[C@H]1C(=O)N[C@@H](CC(=O)O)C(=O)N[C@H](C(=O)N[C@@H](C)C(=O)N[C@@H](CCCCN)C(=O)N[C@@H](CCC(=O)O)C(=O)N[C@@H](CCCCN)C(=O)O)[C@@H](C)O)C(C)C. The quantitative estimate of drug-likeness (QED) is 0.0251. The summed E-state index contributed by atoms with van der Waals surface area (Å²) < 4.78 is 0. The van der Waals surface area contributed by atoms with Gasteiger partial charge < -0.3 is 169 Å². The monoisotopic (exact) mass is 2050 g/mol. The summed E-state index contributed by atoms with van der Waals surface area (Å²) in [6.07, 6.45) is -10.6. The van der Waals surface area contributed by atoms with Crippen molar-refractivity contribution in [2.24, 2.45) is 40.7 Å². The van der Waals surface area contributed by atoms with E-state index in [4.69, 9.17) is 28.0 Å². The number of rotatable bonds is 71. The van der Waals surface area contributed by atoms with Crippen LogP contribution in [0.4, 0.5) is 0 Å². The fourth-order valence-electron chi connectivity index (χ4n) is 14.3. The van der Waals surface area contributed by atoms with Gasteiger partial charge in [0.1, 0.15) is 103 Å². The number of carboxylic acid groups (broad SMARTS) is 6. The fraction of sp³-hybridized carbons (Fsp3) is 0.724. The molecule has 0 aromatic rings. The van der Waals surface area contributed by atoms with Gasteiger partial charge >= 0.3 is 35.8 Å². The second-order valence-corrected chi connectivity index (χ2v) is 35.7. The van der Waals surface area contributed by atoms with E-state index in [9.17, 15) is 161 Å². The number of carbonyl (C=O) groups excluding carboxylic acids is 18. The van der Waals surface area contributed by atoms with Gasteiger partial charge in [-0.1, -0.05) is 48.0 Å². The van der Waals surface area contributed by atoms with E-state index in [-0.39, 0.29) is 96.3 Å². The number of hydrogen-bond acceptors (Lipinski definition) is 32. The smallest absolute Gasteiger partial charge is 0.326 e. The number of aliphatic carboxylic acids is 6. The van der Waals surface area contributed by atoms with Gasteiger partial charge in [0.2, 0.25) is 106 Å². The van der Waals surface area contributed by atoms with E-state index >= 15 is 0 Å². The van der Waals surface area contributed by atoms with E-state index in [1.807, 2.05) is 0 Å². The highest BCUT2D eigenvalue weighted by Gasteiger charge is 2.44. The molecule has 35 N–H and O–H groups in total. The molecule has 56 heteroatoms. The number of unbranched alkanes of at least 4 members (excludes halogenated alkanes) is 3. The minimum atomic E-state index is -2.03. The molecule has 56 nitrogen and oxygen atoms in total. The lowest BCUT2D eigenvalue weighted by Crippen LogP contribution is -2.62. The van der Waals surface area contributed by atoms with Crippen molar-refractivity contribution in [2.75, 3.05) is 39.3 Å². The fourth-order valence-corrected chi connectivity index (χ4v) is 14.3. The molecule has 0 saturated carbocycles. The first-order valence-electron chi connectivity index (χ1n) is 47.2. The molecule has 1 aliphatic heterocycles. The second-order valence-electron chi connectivity index (χ2n) is 35.7. The maximum atomic E-state index is 14.8. The highest BCUT2D eigenvalue weighted by Crippen LogP contribution is 2.23. The molecule has 143 heavy (non-hydrogen) atoms. The third kappa shape index (κ3) is 47.6. The number of nitrogens with zero attached hydrogens (tertiary/aromatic N) is 1. The van der Waals surface area contributed by atoms with Gasteiger partial charge in [0.15, 0.2) is 0 Å². The number of nitrogens with two attached hydrogens (primary N) is 4. The number of likely N-dealkylation sites (tertiary alicyclic amines) is 1. The molecule has 1 aliphatic rings. The minimum absolute atomic E-state index is 0.0460. The Balaban J connectivity index is 3.39. The average Bonchev–Trinajstić information content (AvgIpc) is 1.70. The van der Waals surface area contributed by atoms with Crippen molar-refractivity contribution in [3.05, 3.63) is 0 Å². The van der Waals surface area contributed by atoms with Crippen molar-refractivity contribution in [2.45, 2.75) is 344 Å². The molecule has 0 radical (unpaired) electrons. The molecule has 1 fully saturated rings. The van der Waals surface area contributed by atoms with Crippen molar-refractivity contribution in [1.29, 1.82) is 0 Å². The lowest BCUT2D eigenvalue weighted by molar-refractivity contribution is -0.144. The van der Waals surface area contributed by atoms with Crippen LogP contribution in [0.5, 0.6) is 0 Å². The largest absolute Gasteiger partial charge is 0.481 e. The Morgan fingerprint density at radius 1 is 0.343 bits per heavy atom. The predicted molar refractivity (Wildman–Crippen MR) is 500 cm³/mol. The van der Waals surface area contributed by atoms with Crippen LogP contribution < -0.4 is 113 Å². The standard InChI is InChI=1S/C87H148N22O34/c1-12-42(6)66(104-59(114)38-92-73(128)57(39-110)103-71(126)44(8)94-83(138)67(45(9)111)107-78(133)50(21-14-17-33-89)96-75(130)51(25-29-61(117)118)98-76(131)53(27-31-63(121)122)99-85(140)69(47(11)113)106-72(127)48(91)24-28-60(115)116)82(137)105-65(41(4)5)81(136)102-56(36-40(2)3)86(141)109-35-19-23-58(109)80(135)101-55(37-64(123)124)79(134)108-68(46(10)112)84(139)93-43(7)70(125)95-49(20-13-16-32-88)74(129)97-52(26-30-62(119)120)77(132)100-54(87(142)143)22-15-18-34-90/h40-58,65-69,110-113H,12-39,88-91H2,1-11H3,(H,92,128)(H,93,139)(H,94,138)(H,95,125)(H,96,130)(H,97,129)(H,98,131)(H,99,140)(H,100,132)(H,101,135)(H,102,136)(H,103,126)(H,104,114)(H,105,137)(H,106,127)(H,107,133)(H,108,134)(H,115,116)(H,117,118)(H,119,120)(H,121,122)(H,123,124)(H,142,143)/t42-,43-,44-,45+,46+,47+,48-,49-,50-,51-,52-,53-,54-,55-,56-,57-,58-,65-,66-,67-,68-,69-/m0/s1. The van der Waals surface area contributed by atoms with Gasteiger partial charge in [-0.05, 0) is 175 Å². The van der Waals surface area contributed by atoms with Crippen LogP contribution in [0.3, 0.4) is 0 Å². The molecule has 0 unspecified atom stereocenters. The Bertz CT molecular complexity index is 4330. The Morgan fingerprint density at radius 3 is 1.06 bits per heavy atom. The van der Waals surface area contributed by atoms with Crippen LogP contribution in [0.25, 0.3) is 0 Å². The maximum Gasteiger partial charge on any atom is 0.326 e. The first-order valence-corrected chi connectivity index (χ1v) is 47.2. The topological polar surface area (TPSA) is 924 Å². The molecule has 0 bridgehead atoms. The van der Waals surface area contributed by atoms with Gasteiger partial charge in [-0.2, -0.15) is 0 Å². The van der Waals surface area contributed by atoms with Crippen LogP contribution in [-0.4, -0.2) is 365 Å². The first kappa shape index (κ1) is 128. The molecule has 22 atom stereocenters. The van der Waals surface area contributed by atoms with E-state index in [1.165, 1.54) is 13.8 Å². The molecule has 0 aliphatic carbocycles. The summed E-state index contributed by atoms with van der Waals surface area (Å²) in [7, 11) is 0. The lowest BCUT2D eigenvalue weighted by atomic mass is 9.96. The van der Waals surface area contributed by atoms with Crippen molar-refractivity contribution in [3.8, 4) is 0 Å². The number of carbonyl (C=O) groups is 24. The van der Waals surface area contributed by atoms with Crippen LogP contribution in [0.2, 0.25) is 0 Å². The zero-order valence-corrected chi connectivity index (χ0v) is 82.2. The van der Waals surface area contributed by atoms with Crippen LogP contribution in [0, 0.1) is 17.8 Å². The van der Waals surface area contributed by atoms with Crippen molar-refractivity contribution in [1.82, 2.24) is 95.3 Å². The number of aliphatic hydroxyl groups is 4. The first-order chi connectivity index (χ1) is 66.9. The second kappa shape index (κ2) is 65.9. The zero-order valence-electron chi connectivity index (χ0n) is 82.2. The van der Waals surface area contributed by atoms with Gasteiger partial charge in [0, 0.05) is 32.2 Å². The summed E-state index contributed by atoms with van der Waals surface area (Å²) in [5, 5.41) is 139. The van der Waals surface area contributed by atoms with Gasteiger partial charge in [-0.3, -0.25) is 110 Å². The van der Waals surface area contributed by atoms with Gasteiger partial charge in [0.25, 0.3) is 0 Å². The van der Waals surface area contributed by atoms with E-state index in [2.05, 4.69) is 90.4 Å². The normalized spacial score (nSPS) is 16.7. The summed E-state index contributed by atoms with van der Waals surface area (Å²) in [6.45, 7) is 13.2. The van der Waals surface area contributed by atoms with Crippen LogP contribution >= 0.6 is 0 Å². The molecule has 1 rings (SSSR count). The molecule has 810 valence electrons. The Labute approximate surface area is 824 Å². The average molecular weight is 2050 g/mol. The molecular weight excluding hydrogens is 1900 g/mol. The number of amides is 18. The predicted octanol–water partition coefficient (Wildman–Crippen LogP) is -10.5. The van der Waals surface area contributed by atoms with Crippen LogP contribution in [0.1, 0.15) is 217 Å². The van der Waals surface area contributed by atoms with E-state index < -0.39 is 352 Å². The summed E-state index contributed by atoms with van der Waals surface area (Å²) in [4.78, 5) is 322. The maximum absolute atomic E-state index is 14.8. The number of nitrogens with one attached hydrogen (secondary N) is 17. The summed E-state index contributed by atoms with van der Waals surface area (Å²) >= 11 is 0. The zero-order chi connectivity index (χ0) is 109. The van der Waals surface area contributed by atoms with E-state index in [0.717, 1.165) is 39.5 Å². The van der Waals surface area contributed by atoms with Crippen molar-refractivity contribution >= 4 is 142 Å². The number of hydrogen-bond donors (Lipinski definition) is 31. The highest BCUT2D eigenvalue weighted by atomic mass is 16.4. The Kier molecular flexibility index (Phi) is 59.0. The molecule has 0 spiro atoms. The van der Waals surface area contributed by atoms with Gasteiger partial charge in [-0.25, -0.2) is 4.79 Å². The minimum Gasteiger partial charge on any atom is -0.481 e. The van der Waals surface area contributed by atoms with Crippen molar-refractivity contribution < 1.29 is 166 Å². The summed E-state index contributed by atoms with van der Waals surface area (Å²) in [5.41, 5.74) is 22.6. The van der Waals surface area contributed by atoms with Gasteiger partial charge in [0.05, 0.1) is 43.9 Å². The number of carboxylic acids is 6. The number of aliphatic hydroxyl groups excluding tert-OH is 4. The molecule has 1 heterocycles. The summed E-state index contributed by atoms with van der Waals surface area (Å²) in [6, 6.07) is -30.4. The summed E-state index contributed by atoms with van der Waals surface area (Å²) in [5.74, 6) is -31.0. The molecular formula is C87H148N22O34. The molecule has 0 aromatic heterocycles. The van der Waals surface area contributed by atoms with Crippen molar-refractivity contribution in [3.63, 3.8) is 0 Å². The third-order valence-corrected chi connectivity index (χ3v) is 22.7. The molecule has 1 saturated heterocycles.